The molecule has 60 heavy (non-hydrogen) atoms. The molecule has 2 aliphatic heterocycles. The molecule has 7 rings (SSSR count). The highest BCUT2D eigenvalue weighted by Gasteiger charge is 2.55. The van der Waals surface area contributed by atoms with E-state index in [4.69, 9.17) is 19.6 Å². The molecule has 1 spiro atoms. The molecule has 2 aromatic carbocycles. The Morgan fingerprint density at radius 3 is 2.25 bits per heavy atom. The third kappa shape index (κ3) is 11.0. The maximum atomic E-state index is 13.8. The number of imidazole rings is 2. The lowest BCUT2D eigenvalue weighted by molar-refractivity contribution is -0.188. The predicted molar refractivity (Wildman–Crippen MR) is 251 cm³/mol. The zero-order chi connectivity index (χ0) is 39.6. The van der Waals surface area contributed by atoms with E-state index in [9.17, 15) is 14.4 Å². The van der Waals surface area contributed by atoms with Crippen LogP contribution in [-0.2, 0) is 24.1 Å². The number of aliphatic imine (C=N–C) groups is 1. The first-order chi connectivity index (χ1) is 27.0. The number of aromatic nitrogens is 4. The average Bonchev–Trinajstić information content (AvgIpc) is 3.68. The van der Waals surface area contributed by atoms with Crippen LogP contribution in [0.4, 0.5) is 4.79 Å². The van der Waals surface area contributed by atoms with Crippen molar-refractivity contribution < 1.29 is 28.9 Å². The summed E-state index contributed by atoms with van der Waals surface area (Å²) in [4.78, 5) is 73.5. The van der Waals surface area contributed by atoms with Crippen molar-refractivity contribution in [2.45, 2.75) is 84.0 Å². The fourth-order valence-corrected chi connectivity index (χ4v) is 7.88. The second-order valence-corrected chi connectivity index (χ2v) is 15.8. The normalized spacial score (nSPS) is 18.5. The first-order valence-electron chi connectivity index (χ1n) is 19.3. The summed E-state index contributed by atoms with van der Waals surface area (Å²) in [5.74, 6) is 7.75. The molecule has 2 saturated heterocycles. The molecule has 3 N–H and O–H groups in total. The number of fused-ring (bicyclic) bond motifs is 1. The molecular formula is C42H58N8O6S4. The van der Waals surface area contributed by atoms with Crippen LogP contribution >= 0.6 is 54.0 Å². The summed E-state index contributed by atoms with van der Waals surface area (Å²) >= 11 is 0. The largest absolute Gasteiger partial charge is 0.453 e. The smallest absolute Gasteiger partial charge is 0.407 e. The number of amides is 3. The van der Waals surface area contributed by atoms with Crippen LogP contribution in [0.2, 0.25) is 0 Å². The SMILES string of the molecule is COOC=N[C@H](C(=O)N1CCC[C@H]1c1nc2ccc(C#Cc3ccc(-c4cnc([C@@H]5CC6(CC6)CN5C(=O)[C@@H](NC(=O)OC)C(C)C)[nH]4)cc3)cc2[nH]1)C(C)C.S.S.S.S. The summed E-state index contributed by atoms with van der Waals surface area (Å²) in [7, 11) is 2.69. The molecule has 1 saturated carbocycles. The summed E-state index contributed by atoms with van der Waals surface area (Å²) in [5.41, 5.74) is 5.31. The Balaban J connectivity index is 0.00000240. The first-order valence-corrected chi connectivity index (χ1v) is 19.3. The van der Waals surface area contributed by atoms with Gasteiger partial charge in [-0.15, -0.1) is 0 Å². The molecule has 4 aromatic rings. The molecule has 4 atom stereocenters. The molecule has 0 bridgehead atoms. The lowest BCUT2D eigenvalue weighted by Gasteiger charge is -2.30. The number of likely N-dealkylation sites (tertiary alicyclic amines) is 2. The van der Waals surface area contributed by atoms with Crippen molar-refractivity contribution in [3.8, 4) is 23.1 Å². The van der Waals surface area contributed by atoms with Gasteiger partial charge in [-0.05, 0) is 85.3 Å². The summed E-state index contributed by atoms with van der Waals surface area (Å²) in [6, 6.07) is 12.2. The Labute approximate surface area is 379 Å². The lowest BCUT2D eigenvalue weighted by atomic mass is 10.0. The number of benzene rings is 2. The van der Waals surface area contributed by atoms with Crippen molar-refractivity contribution >= 4 is 89.3 Å². The topological polar surface area (TPSA) is 167 Å². The van der Waals surface area contributed by atoms with Crippen LogP contribution in [0.3, 0.4) is 0 Å². The number of hydrogen-bond donors (Lipinski definition) is 3. The molecular weight excluding hydrogens is 841 g/mol. The van der Waals surface area contributed by atoms with E-state index in [2.05, 4.69) is 37.0 Å². The number of alkyl carbamates (subject to hydrolysis) is 1. The van der Waals surface area contributed by atoms with Gasteiger partial charge >= 0.3 is 6.09 Å². The number of rotatable bonds is 11. The van der Waals surface area contributed by atoms with E-state index < -0.39 is 18.2 Å². The highest BCUT2D eigenvalue weighted by Crippen LogP contribution is 2.58. The molecule has 18 heteroatoms. The van der Waals surface area contributed by atoms with E-state index in [1.54, 1.807) is 0 Å². The van der Waals surface area contributed by atoms with Gasteiger partial charge in [0.1, 0.15) is 23.7 Å². The van der Waals surface area contributed by atoms with Gasteiger partial charge in [0, 0.05) is 24.2 Å². The second kappa shape index (κ2) is 21.5. The van der Waals surface area contributed by atoms with E-state index in [0.717, 1.165) is 77.2 Å². The van der Waals surface area contributed by atoms with E-state index in [1.165, 1.54) is 20.6 Å². The standard InChI is InChI=1S/C42H50N8O6.4H2S/c1-25(2)35(44-24-56-55-6)39(51)49-19-7-8-33(49)38-45-30-16-13-28(20-31(30)46-38)10-9-27-11-14-29(15-12-27)32-22-43-37(47-32)34-21-42(17-18-42)23-50(34)40(52)36(26(3)4)48-41(53)54-5;;;;/h11-16,20,22,24-26,33-36H,7-8,17-19,21,23H2,1-6H3,(H,43,47)(H,45,46)(H,48,53);4*1H2/t33-,34-,35-,36-;;;;/m0..../s1. The van der Waals surface area contributed by atoms with Gasteiger partial charge in [0.2, 0.25) is 18.2 Å². The van der Waals surface area contributed by atoms with Gasteiger partial charge < -0.3 is 34.7 Å². The molecule has 3 amide bonds. The number of ether oxygens (including phenoxy) is 1. The summed E-state index contributed by atoms with van der Waals surface area (Å²) in [6.45, 7) is 9.05. The molecule has 0 radical (unpaired) electrons. The van der Waals surface area contributed by atoms with Gasteiger partial charge in [0.15, 0.2) is 0 Å². The fraction of sp³-hybridized carbons (Fsp3) is 0.476. The predicted octanol–water partition coefficient (Wildman–Crippen LogP) is 6.53. The Hall–Kier alpha value is -4.28. The third-order valence-corrected chi connectivity index (χ3v) is 11.2. The number of nitrogens with zero attached hydrogens (tertiary/aromatic N) is 5. The first kappa shape index (κ1) is 50.1. The Morgan fingerprint density at radius 1 is 0.900 bits per heavy atom. The summed E-state index contributed by atoms with van der Waals surface area (Å²) in [6.07, 6.45) is 7.07. The minimum absolute atomic E-state index is 0. The number of methoxy groups -OCH3 is 1. The molecule has 326 valence electrons. The second-order valence-electron chi connectivity index (χ2n) is 15.8. The van der Waals surface area contributed by atoms with Crippen molar-refractivity contribution in [2.24, 2.45) is 22.2 Å². The quantitative estimate of drug-likeness (QED) is 0.0503. The number of aromatic amines is 2. The zero-order valence-electron chi connectivity index (χ0n) is 34.8. The van der Waals surface area contributed by atoms with Crippen molar-refractivity contribution in [2.75, 3.05) is 27.3 Å². The Kier molecular flexibility index (Phi) is 17.9. The van der Waals surface area contributed by atoms with Crippen LogP contribution in [0.15, 0.2) is 53.7 Å². The van der Waals surface area contributed by atoms with Gasteiger partial charge in [0.05, 0.1) is 49.2 Å². The van der Waals surface area contributed by atoms with Gasteiger partial charge in [-0.1, -0.05) is 51.7 Å². The Morgan fingerprint density at radius 2 is 1.60 bits per heavy atom. The van der Waals surface area contributed by atoms with Gasteiger partial charge in [-0.25, -0.2) is 19.8 Å². The van der Waals surface area contributed by atoms with Crippen LogP contribution in [0.1, 0.15) is 94.7 Å². The Bertz CT molecular complexity index is 2180. The zero-order valence-corrected chi connectivity index (χ0v) is 38.8. The minimum atomic E-state index is -0.687. The molecule has 2 aromatic heterocycles. The number of carbonyl (C=O) groups is 3. The maximum absolute atomic E-state index is 13.8. The van der Waals surface area contributed by atoms with Crippen molar-refractivity contribution in [1.29, 1.82) is 0 Å². The molecule has 4 heterocycles. The van der Waals surface area contributed by atoms with Crippen molar-refractivity contribution in [3.63, 3.8) is 0 Å². The monoisotopic (exact) mass is 898 g/mol. The highest BCUT2D eigenvalue weighted by molar-refractivity contribution is 7.59. The highest BCUT2D eigenvalue weighted by atomic mass is 32.1. The molecule has 0 unspecified atom stereocenters. The number of hydrogen-bond acceptors (Lipinski definition) is 9. The van der Waals surface area contributed by atoms with Gasteiger partial charge in [0.25, 0.3) is 0 Å². The molecule has 3 aliphatic rings. The van der Waals surface area contributed by atoms with Crippen LogP contribution in [-0.4, -0.2) is 93.4 Å². The van der Waals surface area contributed by atoms with E-state index in [1.807, 2.05) is 86.2 Å². The van der Waals surface area contributed by atoms with Crippen molar-refractivity contribution in [3.05, 3.63) is 71.4 Å². The van der Waals surface area contributed by atoms with Gasteiger partial charge in [-0.3, -0.25) is 9.59 Å². The summed E-state index contributed by atoms with van der Waals surface area (Å²) in [5, 5.41) is 2.74. The summed E-state index contributed by atoms with van der Waals surface area (Å²) < 4.78 is 4.80. The number of carbonyl (C=O) groups excluding carboxylic acids is 3. The molecule has 3 fully saturated rings. The van der Waals surface area contributed by atoms with E-state index >= 15 is 0 Å². The van der Waals surface area contributed by atoms with E-state index in [0.29, 0.717) is 13.1 Å². The van der Waals surface area contributed by atoms with Crippen molar-refractivity contribution in [1.82, 2.24) is 35.1 Å². The lowest BCUT2D eigenvalue weighted by Crippen LogP contribution is -2.51. The van der Waals surface area contributed by atoms with Gasteiger partial charge in [-0.2, -0.15) is 58.9 Å². The molecule has 14 nitrogen and oxygen atoms in total. The van der Waals surface area contributed by atoms with E-state index in [-0.39, 0.29) is 95.1 Å². The van der Waals surface area contributed by atoms with Crippen LogP contribution in [0.5, 0.6) is 0 Å². The number of nitrogens with one attached hydrogen (secondary N) is 3. The van der Waals surface area contributed by atoms with Crippen LogP contribution in [0, 0.1) is 29.1 Å². The molecule has 1 aliphatic carbocycles. The number of H-pyrrole nitrogens is 2. The average molecular weight is 899 g/mol. The maximum Gasteiger partial charge on any atom is 0.407 e. The fourth-order valence-electron chi connectivity index (χ4n) is 7.88. The van der Waals surface area contributed by atoms with Crippen LogP contribution < -0.4 is 5.32 Å². The minimum Gasteiger partial charge on any atom is -0.453 e. The van der Waals surface area contributed by atoms with Crippen LogP contribution in [0.25, 0.3) is 22.3 Å². The third-order valence-electron chi connectivity index (χ3n) is 11.2.